The number of nitrogens with zero attached hydrogens (tertiary/aromatic N) is 1. The first-order valence-electron chi connectivity index (χ1n) is 5.75. The zero-order chi connectivity index (χ0) is 15.0. The zero-order valence-electron chi connectivity index (χ0n) is 10.6. The number of aromatic nitrogens is 1. The van der Waals surface area contributed by atoms with E-state index in [1.54, 1.807) is 12.3 Å². The van der Waals surface area contributed by atoms with Gasteiger partial charge in [0.25, 0.3) is 0 Å². The van der Waals surface area contributed by atoms with E-state index in [0.29, 0.717) is 11.6 Å². The summed E-state index contributed by atoms with van der Waals surface area (Å²) in [5.41, 5.74) is -0.602. The van der Waals surface area contributed by atoms with E-state index in [1.807, 2.05) is 12.3 Å². The van der Waals surface area contributed by atoms with Gasteiger partial charge in [-0.05, 0) is 0 Å². The predicted octanol–water partition coefficient (Wildman–Crippen LogP) is 4.20. The highest BCUT2D eigenvalue weighted by Gasteiger charge is 2.29. The van der Waals surface area contributed by atoms with Crippen molar-refractivity contribution in [2.45, 2.75) is 19.5 Å². The summed E-state index contributed by atoms with van der Waals surface area (Å²) in [6.07, 6.45) is -2.04. The Labute approximate surface area is 118 Å². The van der Waals surface area contributed by atoms with Crippen LogP contribution in [0.5, 0.6) is 0 Å². The van der Waals surface area contributed by atoms with Crippen LogP contribution < -0.4 is 5.32 Å². The van der Waals surface area contributed by atoms with Crippen LogP contribution in [-0.2, 0) is 11.0 Å². The van der Waals surface area contributed by atoms with Gasteiger partial charge in [-0.3, -0.25) is 4.79 Å². The third-order valence-corrected chi connectivity index (χ3v) is 2.79. The first kappa shape index (κ1) is 16.2. The van der Waals surface area contributed by atoms with E-state index < -0.39 is 11.7 Å². The van der Waals surface area contributed by atoms with Gasteiger partial charge in [-0.15, -0.1) is 11.3 Å². The van der Waals surface area contributed by atoms with E-state index in [4.69, 9.17) is 0 Å². The van der Waals surface area contributed by atoms with Crippen LogP contribution in [0.25, 0.3) is 0 Å². The number of benzene rings is 1. The molecule has 0 saturated carbocycles. The van der Waals surface area contributed by atoms with Crippen molar-refractivity contribution in [2.75, 3.05) is 5.32 Å². The molecule has 1 heterocycles. The third kappa shape index (κ3) is 5.83. The van der Waals surface area contributed by atoms with Crippen molar-refractivity contribution < 1.29 is 18.0 Å². The molecule has 0 fully saturated rings. The minimum atomic E-state index is -4.21. The summed E-state index contributed by atoms with van der Waals surface area (Å²) >= 11 is 1.42. The van der Waals surface area contributed by atoms with Gasteiger partial charge in [0.05, 0.1) is 5.56 Å². The van der Waals surface area contributed by atoms with Crippen LogP contribution in [0, 0.1) is 0 Å². The van der Waals surface area contributed by atoms with Crippen molar-refractivity contribution in [3.8, 4) is 0 Å². The number of rotatable bonds is 2. The number of hydrogen-bond acceptors (Lipinski definition) is 3. The molecule has 108 valence electrons. The fraction of sp³-hybridized carbons (Fsp3) is 0.231. The van der Waals surface area contributed by atoms with Gasteiger partial charge in [0.2, 0.25) is 5.91 Å². The number of alkyl halides is 3. The summed E-state index contributed by atoms with van der Waals surface area (Å²) in [6.45, 7) is 1.81. The smallest absolute Gasteiger partial charge is 0.302 e. The molecule has 0 aliphatic heterocycles. The maximum absolute atomic E-state index is 11.8. The number of nitrogens with one attached hydrogen (secondary N) is 1. The molecule has 7 heteroatoms. The molecule has 2 rings (SSSR count). The van der Waals surface area contributed by atoms with Crippen molar-refractivity contribution in [3.63, 3.8) is 0 Å². The summed E-state index contributed by atoms with van der Waals surface area (Å²) < 4.78 is 35.4. The molecule has 0 bridgehead atoms. The maximum Gasteiger partial charge on any atom is 0.416 e. The van der Waals surface area contributed by atoms with Crippen molar-refractivity contribution in [2.24, 2.45) is 0 Å². The predicted molar refractivity (Wildman–Crippen MR) is 72.5 cm³/mol. The van der Waals surface area contributed by atoms with E-state index in [-0.39, 0.29) is 5.91 Å². The third-order valence-electron chi connectivity index (χ3n) is 2.10. The lowest BCUT2D eigenvalue weighted by atomic mass is 10.2. The minimum Gasteiger partial charge on any atom is -0.302 e. The first-order chi connectivity index (χ1) is 9.43. The monoisotopic (exact) mass is 302 g/mol. The molecule has 3 nitrogen and oxygen atoms in total. The Morgan fingerprint density at radius 3 is 2.35 bits per heavy atom. The maximum atomic E-state index is 11.8. The van der Waals surface area contributed by atoms with E-state index in [1.165, 1.54) is 23.5 Å². The Bertz CT molecular complexity index is 512. The van der Waals surface area contributed by atoms with Crippen LogP contribution in [0.4, 0.5) is 18.3 Å². The SMILES string of the molecule is CCC(=O)Nc1nccs1.FC(F)(F)c1ccccc1. The van der Waals surface area contributed by atoms with Crippen LogP contribution in [0.1, 0.15) is 18.9 Å². The van der Waals surface area contributed by atoms with Crippen molar-refractivity contribution in [3.05, 3.63) is 47.5 Å². The molecule has 0 aliphatic carbocycles. The van der Waals surface area contributed by atoms with E-state index >= 15 is 0 Å². The quantitative estimate of drug-likeness (QED) is 0.903. The van der Waals surface area contributed by atoms with Crippen molar-refractivity contribution in [1.29, 1.82) is 0 Å². The van der Waals surface area contributed by atoms with E-state index in [9.17, 15) is 18.0 Å². The normalized spacial score (nSPS) is 10.4. The number of halogens is 3. The van der Waals surface area contributed by atoms with E-state index in [0.717, 1.165) is 12.1 Å². The molecular weight excluding hydrogens is 289 g/mol. The highest BCUT2D eigenvalue weighted by molar-refractivity contribution is 7.13. The van der Waals surface area contributed by atoms with Crippen LogP contribution in [0.2, 0.25) is 0 Å². The average molecular weight is 302 g/mol. The van der Waals surface area contributed by atoms with Crippen LogP contribution in [-0.4, -0.2) is 10.9 Å². The number of anilines is 1. The standard InChI is InChI=1S/C7H5F3.C6H8N2OS/c8-7(9,10)6-4-2-1-3-5-6;1-2-5(9)8-6-7-3-4-10-6/h1-5H;3-4H,2H2,1H3,(H,7,8,9). The Morgan fingerprint density at radius 1 is 1.30 bits per heavy atom. The Morgan fingerprint density at radius 2 is 1.95 bits per heavy atom. The van der Waals surface area contributed by atoms with Gasteiger partial charge < -0.3 is 5.32 Å². The van der Waals surface area contributed by atoms with Crippen LogP contribution in [0.3, 0.4) is 0 Å². The number of thiazole rings is 1. The molecule has 20 heavy (non-hydrogen) atoms. The molecule has 0 unspecified atom stereocenters. The molecule has 2 aromatic rings. The van der Waals surface area contributed by atoms with Crippen LogP contribution >= 0.6 is 11.3 Å². The summed E-state index contributed by atoms with van der Waals surface area (Å²) in [5.74, 6) is 0.00921. The number of carbonyl (C=O) groups excluding carboxylic acids is 1. The molecular formula is C13H13F3N2OS. The molecule has 0 radical (unpaired) electrons. The molecule has 1 aromatic carbocycles. The second kappa shape index (κ2) is 7.64. The van der Waals surface area contributed by atoms with E-state index in [2.05, 4.69) is 10.3 Å². The number of hydrogen-bond donors (Lipinski definition) is 1. The fourth-order valence-corrected chi connectivity index (χ4v) is 1.67. The average Bonchev–Trinajstić information content (AvgIpc) is 2.92. The van der Waals surface area contributed by atoms with Gasteiger partial charge in [0.15, 0.2) is 5.13 Å². The molecule has 1 aromatic heterocycles. The second-order valence-electron chi connectivity index (χ2n) is 3.60. The van der Waals surface area contributed by atoms with Gasteiger partial charge in [-0.1, -0.05) is 37.3 Å². The topological polar surface area (TPSA) is 42.0 Å². The highest BCUT2D eigenvalue weighted by Crippen LogP contribution is 2.28. The molecule has 0 aliphatic rings. The van der Waals surface area contributed by atoms with Gasteiger partial charge >= 0.3 is 6.18 Å². The summed E-state index contributed by atoms with van der Waals surface area (Å²) in [4.78, 5) is 14.6. The Kier molecular flexibility index (Phi) is 6.17. The molecule has 0 atom stereocenters. The first-order valence-corrected chi connectivity index (χ1v) is 6.63. The Balaban J connectivity index is 0.000000200. The summed E-state index contributed by atoms with van der Waals surface area (Å²) in [5, 5.41) is 5.14. The van der Waals surface area contributed by atoms with Gasteiger partial charge in [-0.25, -0.2) is 4.98 Å². The number of carbonyl (C=O) groups is 1. The highest BCUT2D eigenvalue weighted by atomic mass is 32.1. The number of amides is 1. The largest absolute Gasteiger partial charge is 0.416 e. The lowest BCUT2D eigenvalue weighted by molar-refractivity contribution is -0.137. The van der Waals surface area contributed by atoms with Crippen LogP contribution in [0.15, 0.2) is 41.9 Å². The zero-order valence-corrected chi connectivity index (χ0v) is 11.5. The van der Waals surface area contributed by atoms with Gasteiger partial charge in [0.1, 0.15) is 0 Å². The Hall–Kier alpha value is -1.89. The molecule has 0 spiro atoms. The second-order valence-corrected chi connectivity index (χ2v) is 4.50. The summed E-state index contributed by atoms with van der Waals surface area (Å²) in [6, 6.07) is 6.36. The fourth-order valence-electron chi connectivity index (χ4n) is 1.12. The molecule has 1 N–H and O–H groups in total. The van der Waals surface area contributed by atoms with Crippen molar-refractivity contribution >= 4 is 22.4 Å². The minimum absolute atomic E-state index is 0.00921. The van der Waals surface area contributed by atoms with Crippen molar-refractivity contribution in [1.82, 2.24) is 4.98 Å². The van der Waals surface area contributed by atoms with Gasteiger partial charge in [-0.2, -0.15) is 13.2 Å². The molecule has 0 saturated heterocycles. The molecule has 1 amide bonds. The lowest BCUT2D eigenvalue weighted by Gasteiger charge is -2.03. The van der Waals surface area contributed by atoms with Gasteiger partial charge in [0, 0.05) is 18.0 Å². The lowest BCUT2D eigenvalue weighted by Crippen LogP contribution is -2.08. The summed E-state index contributed by atoms with van der Waals surface area (Å²) in [7, 11) is 0.